The molecule has 8 nitrogen and oxygen atoms in total. The summed E-state index contributed by atoms with van der Waals surface area (Å²) < 4.78 is 5.41. The van der Waals surface area contributed by atoms with Crippen molar-refractivity contribution in [2.24, 2.45) is 0 Å². The van der Waals surface area contributed by atoms with Gasteiger partial charge in [0.15, 0.2) is 0 Å². The number of terminal acetylenes is 1. The number of nitrogens with one attached hydrogen (secondary N) is 2. The van der Waals surface area contributed by atoms with Crippen LogP contribution in [0.15, 0.2) is 73.3 Å². The highest BCUT2D eigenvalue weighted by atomic mass is 16.6. The third-order valence-corrected chi connectivity index (χ3v) is 6.44. The lowest BCUT2D eigenvalue weighted by atomic mass is 9.99. The zero-order chi connectivity index (χ0) is 31.0. The molecule has 0 saturated carbocycles. The van der Waals surface area contributed by atoms with Crippen LogP contribution >= 0.6 is 0 Å². The van der Waals surface area contributed by atoms with Crippen molar-refractivity contribution in [2.75, 3.05) is 5.32 Å². The van der Waals surface area contributed by atoms with Crippen molar-refractivity contribution < 1.29 is 24.2 Å². The van der Waals surface area contributed by atoms with Gasteiger partial charge in [0, 0.05) is 18.2 Å². The number of aromatic hydroxyl groups is 1. The van der Waals surface area contributed by atoms with E-state index in [2.05, 4.69) is 23.3 Å². The first-order chi connectivity index (χ1) is 19.8. The summed E-state index contributed by atoms with van der Waals surface area (Å²) in [5.41, 5.74) is 3.32. The molecule has 0 bridgehead atoms. The van der Waals surface area contributed by atoms with Crippen LogP contribution in [-0.2, 0) is 20.7 Å². The number of carbonyl (C=O) groups is 3. The lowest BCUT2D eigenvalue weighted by molar-refractivity contribution is -0.136. The number of anilines is 1. The van der Waals surface area contributed by atoms with E-state index in [1.165, 1.54) is 12.1 Å². The number of benzene rings is 3. The number of nitrogens with zero attached hydrogens (tertiary/aromatic N) is 1. The Morgan fingerprint density at radius 2 is 1.67 bits per heavy atom. The van der Waals surface area contributed by atoms with E-state index >= 15 is 0 Å². The predicted octanol–water partition coefficient (Wildman–Crippen LogP) is 5.89. The highest BCUT2D eigenvalue weighted by molar-refractivity contribution is 6.00. The number of hydrogen-bond acceptors (Lipinski definition) is 5. The monoisotopic (exact) mass is 567 g/mol. The number of phenolic OH excluding ortho intramolecular Hbond substituents is 1. The van der Waals surface area contributed by atoms with Crippen LogP contribution in [0.3, 0.4) is 0 Å². The lowest BCUT2D eigenvalue weighted by Gasteiger charge is -2.31. The first kappa shape index (κ1) is 31.5. The zero-order valence-electron chi connectivity index (χ0n) is 24.6. The van der Waals surface area contributed by atoms with Gasteiger partial charge >= 0.3 is 6.09 Å². The fourth-order valence-corrected chi connectivity index (χ4v) is 4.43. The van der Waals surface area contributed by atoms with Crippen LogP contribution in [0.2, 0.25) is 0 Å². The molecule has 0 heterocycles. The molecule has 0 aliphatic carbocycles. The number of carbonyl (C=O) groups excluding carboxylic acids is 3. The van der Waals surface area contributed by atoms with Crippen LogP contribution in [0.25, 0.3) is 6.08 Å². The fraction of sp³-hybridized carbons (Fsp3) is 0.265. The normalized spacial score (nSPS) is 12.3. The molecule has 3 aromatic rings. The van der Waals surface area contributed by atoms with Crippen molar-refractivity contribution in [1.29, 1.82) is 0 Å². The molecule has 0 aliphatic rings. The third kappa shape index (κ3) is 8.24. The molecular formula is C34H37N3O5. The van der Waals surface area contributed by atoms with Crippen LogP contribution in [0, 0.1) is 26.3 Å². The van der Waals surface area contributed by atoms with Crippen LogP contribution in [0.4, 0.5) is 10.5 Å². The van der Waals surface area contributed by atoms with E-state index < -0.39 is 35.6 Å². The number of para-hydroxylation sites is 1. The highest BCUT2D eigenvalue weighted by Gasteiger charge is 2.36. The van der Waals surface area contributed by atoms with Crippen molar-refractivity contribution >= 4 is 29.7 Å². The van der Waals surface area contributed by atoms with E-state index in [0.29, 0.717) is 16.8 Å². The van der Waals surface area contributed by atoms with Gasteiger partial charge < -0.3 is 20.5 Å². The van der Waals surface area contributed by atoms with Gasteiger partial charge in [0.2, 0.25) is 0 Å². The molecular weight excluding hydrogens is 530 g/mol. The van der Waals surface area contributed by atoms with Crippen LogP contribution in [-0.4, -0.2) is 39.6 Å². The minimum Gasteiger partial charge on any atom is -0.508 e. The first-order valence-electron chi connectivity index (χ1n) is 13.5. The van der Waals surface area contributed by atoms with Crippen molar-refractivity contribution in [3.8, 4) is 18.2 Å². The molecule has 3 amide bonds. The summed E-state index contributed by atoms with van der Waals surface area (Å²) in [6, 6.07) is 18.8. The first-order valence-corrected chi connectivity index (χ1v) is 13.5. The molecule has 2 atom stereocenters. The standard InChI is InChI=1S/C34H37N3O5/c1-8-24-14-11-15-26(20-24)30(31(39)36-29-22(3)12-10-13-23(29)4)37(9-2)32(40)28(35-33(41)42-34(5,6)7)21-25-16-18-27(38)19-17-25/h2,8,10-20,28,30,38H,1,21H2,3-7H3,(H,35,41)(H,36,39). The molecule has 0 aliphatic heterocycles. The summed E-state index contributed by atoms with van der Waals surface area (Å²) in [7, 11) is 0. The zero-order valence-corrected chi connectivity index (χ0v) is 24.6. The SMILES string of the molecule is C#CN(C(=O)C(Cc1ccc(O)cc1)NC(=O)OC(C)(C)C)C(C(=O)Nc1c(C)cccc1C)c1cccc(C=C)c1. The van der Waals surface area contributed by atoms with Gasteiger partial charge in [-0.2, -0.15) is 0 Å². The molecule has 0 fully saturated rings. The molecule has 3 N–H and O–H groups in total. The molecule has 0 saturated heterocycles. The summed E-state index contributed by atoms with van der Waals surface area (Å²) in [4.78, 5) is 42.0. The van der Waals surface area contributed by atoms with Crippen LogP contribution in [0.1, 0.15) is 54.6 Å². The smallest absolute Gasteiger partial charge is 0.408 e. The molecule has 3 rings (SSSR count). The second-order valence-corrected chi connectivity index (χ2v) is 10.9. The average molecular weight is 568 g/mol. The summed E-state index contributed by atoms with van der Waals surface area (Å²) in [6.07, 6.45) is 6.77. The van der Waals surface area contributed by atoms with Crippen molar-refractivity contribution in [3.05, 3.63) is 101 Å². The van der Waals surface area contributed by atoms with Gasteiger partial charge in [-0.15, -0.1) is 0 Å². The third-order valence-electron chi connectivity index (χ3n) is 6.44. The van der Waals surface area contributed by atoms with E-state index in [1.54, 1.807) is 57.2 Å². The average Bonchev–Trinajstić information content (AvgIpc) is 2.93. The van der Waals surface area contributed by atoms with Gasteiger partial charge in [-0.25, -0.2) is 4.79 Å². The molecule has 3 aromatic carbocycles. The summed E-state index contributed by atoms with van der Waals surface area (Å²) in [6.45, 7) is 12.7. The van der Waals surface area contributed by atoms with Crippen LogP contribution in [0.5, 0.6) is 5.75 Å². The van der Waals surface area contributed by atoms with Gasteiger partial charge in [0.25, 0.3) is 11.8 Å². The minimum absolute atomic E-state index is 0.0223. The Balaban J connectivity index is 2.07. The topological polar surface area (TPSA) is 108 Å². The molecule has 0 spiro atoms. The van der Waals surface area contributed by atoms with Gasteiger partial charge in [0.1, 0.15) is 23.4 Å². The van der Waals surface area contributed by atoms with E-state index in [4.69, 9.17) is 11.2 Å². The number of hydrogen-bond donors (Lipinski definition) is 3. The Morgan fingerprint density at radius 1 is 1.05 bits per heavy atom. The van der Waals surface area contributed by atoms with Crippen LogP contribution < -0.4 is 10.6 Å². The second kappa shape index (κ2) is 13.6. The molecule has 8 heteroatoms. The van der Waals surface area contributed by atoms with Crippen molar-refractivity contribution in [1.82, 2.24) is 10.2 Å². The summed E-state index contributed by atoms with van der Waals surface area (Å²) >= 11 is 0. The van der Waals surface area contributed by atoms with Crippen molar-refractivity contribution in [3.63, 3.8) is 0 Å². The predicted molar refractivity (Wildman–Crippen MR) is 164 cm³/mol. The summed E-state index contributed by atoms with van der Waals surface area (Å²) in [5, 5.41) is 15.3. The molecule has 42 heavy (non-hydrogen) atoms. The lowest BCUT2D eigenvalue weighted by Crippen LogP contribution is -2.51. The van der Waals surface area contributed by atoms with E-state index in [0.717, 1.165) is 21.6 Å². The van der Waals surface area contributed by atoms with Gasteiger partial charge in [0.05, 0.1) is 0 Å². The van der Waals surface area contributed by atoms with Gasteiger partial charge in [-0.3, -0.25) is 14.5 Å². The minimum atomic E-state index is -1.25. The van der Waals surface area contributed by atoms with Gasteiger partial charge in [-0.1, -0.05) is 67.6 Å². The molecule has 2 unspecified atom stereocenters. The number of amides is 3. The number of phenols is 1. The quantitative estimate of drug-likeness (QED) is 0.221. The van der Waals surface area contributed by atoms with Crippen molar-refractivity contribution in [2.45, 2.75) is 58.7 Å². The maximum absolute atomic E-state index is 14.2. The maximum atomic E-state index is 14.2. The molecule has 0 aromatic heterocycles. The number of rotatable bonds is 9. The largest absolute Gasteiger partial charge is 0.508 e. The van der Waals surface area contributed by atoms with E-state index in [-0.39, 0.29) is 12.2 Å². The highest BCUT2D eigenvalue weighted by Crippen LogP contribution is 2.28. The maximum Gasteiger partial charge on any atom is 0.408 e. The van der Waals surface area contributed by atoms with E-state index in [9.17, 15) is 19.5 Å². The molecule has 0 radical (unpaired) electrons. The van der Waals surface area contributed by atoms with E-state index in [1.807, 2.05) is 38.1 Å². The number of ether oxygens (including phenoxy) is 1. The summed E-state index contributed by atoms with van der Waals surface area (Å²) in [5.74, 6) is -1.17. The Morgan fingerprint density at radius 3 is 2.24 bits per heavy atom. The Bertz CT molecular complexity index is 1480. The molecule has 218 valence electrons. The fourth-order valence-electron chi connectivity index (χ4n) is 4.43. The Hall–Kier alpha value is -5.03. The number of alkyl carbamates (subject to hydrolysis) is 1. The van der Waals surface area contributed by atoms with Gasteiger partial charge in [-0.05, 0) is 80.6 Å². The Labute approximate surface area is 247 Å². The second-order valence-electron chi connectivity index (χ2n) is 10.9. The Kier molecular flexibility index (Phi) is 10.2. The number of aryl methyl sites for hydroxylation is 2.